The number of hydrogen-bond acceptors (Lipinski definition) is 5. The molecule has 0 aliphatic heterocycles. The molecule has 0 radical (unpaired) electrons. The lowest BCUT2D eigenvalue weighted by atomic mass is 10.3. The fourth-order valence-electron chi connectivity index (χ4n) is 1.15. The minimum absolute atomic E-state index is 0.0617. The predicted molar refractivity (Wildman–Crippen MR) is 64.3 cm³/mol. The molecule has 18 heavy (non-hydrogen) atoms. The second-order valence-electron chi connectivity index (χ2n) is 3.52. The van der Waals surface area contributed by atoms with Crippen molar-refractivity contribution in [3.63, 3.8) is 0 Å². The molecule has 1 unspecified atom stereocenters. The monoisotopic (exact) mass is 273 g/mol. The van der Waals surface area contributed by atoms with Crippen LogP contribution >= 0.6 is 11.8 Å². The van der Waals surface area contributed by atoms with E-state index in [1.165, 1.54) is 31.2 Å². The van der Waals surface area contributed by atoms with E-state index in [0.29, 0.717) is 16.7 Å². The van der Waals surface area contributed by atoms with E-state index in [-0.39, 0.29) is 6.61 Å². The van der Waals surface area contributed by atoms with Crippen molar-refractivity contribution in [2.75, 3.05) is 6.61 Å². The van der Waals surface area contributed by atoms with Gasteiger partial charge in [-0.15, -0.1) is 0 Å². The zero-order chi connectivity index (χ0) is 13.8. The predicted octanol–water partition coefficient (Wildman–Crippen LogP) is 2.47. The van der Waals surface area contributed by atoms with E-state index in [1.54, 1.807) is 6.92 Å². The van der Waals surface area contributed by atoms with Crippen molar-refractivity contribution in [1.82, 2.24) is 0 Å². The molecule has 0 saturated heterocycles. The van der Waals surface area contributed by atoms with E-state index >= 15 is 0 Å². The Bertz CT molecular complexity index is 451. The van der Waals surface area contributed by atoms with E-state index in [1.807, 2.05) is 0 Å². The Morgan fingerprint density at radius 2 is 2.06 bits per heavy atom. The van der Waals surface area contributed by atoms with Crippen molar-refractivity contribution in [3.05, 3.63) is 40.2 Å². The first-order chi connectivity index (χ1) is 8.40. The number of nitro groups is 1. The quantitative estimate of drug-likeness (QED) is 0.271. The molecule has 0 fully saturated rings. The van der Waals surface area contributed by atoms with Crippen LogP contribution in [-0.2, 0) is 9.53 Å². The third kappa shape index (κ3) is 3.19. The van der Waals surface area contributed by atoms with Crippen LogP contribution in [0.15, 0.2) is 29.2 Å². The highest BCUT2D eigenvalue weighted by atomic mass is 32.2. The number of halogens is 1. The zero-order valence-corrected chi connectivity index (χ0v) is 10.7. The lowest BCUT2D eigenvalue weighted by Gasteiger charge is -2.17. The van der Waals surface area contributed by atoms with Crippen LogP contribution in [0.5, 0.6) is 0 Å². The van der Waals surface area contributed by atoms with Gasteiger partial charge in [0.25, 0.3) is 0 Å². The van der Waals surface area contributed by atoms with Crippen LogP contribution in [0.4, 0.5) is 4.39 Å². The number of carbonyl (C=O) groups excluding carboxylic acids is 1. The second kappa shape index (κ2) is 5.81. The Hall–Kier alpha value is -1.63. The Morgan fingerprint density at radius 1 is 1.50 bits per heavy atom. The summed E-state index contributed by atoms with van der Waals surface area (Å²) < 4.78 is 17.4. The molecule has 98 valence electrons. The van der Waals surface area contributed by atoms with Crippen molar-refractivity contribution in [3.8, 4) is 0 Å². The average molecular weight is 273 g/mol. The molecule has 1 rings (SSSR count). The molecule has 7 heteroatoms. The smallest absolute Gasteiger partial charge is 0.396 e. The van der Waals surface area contributed by atoms with Crippen LogP contribution in [-0.4, -0.2) is 22.4 Å². The number of benzene rings is 1. The fraction of sp³-hybridized carbons (Fsp3) is 0.364. The largest absolute Gasteiger partial charge is 0.460 e. The third-order valence-corrected chi connectivity index (χ3v) is 3.35. The molecule has 0 amide bonds. The summed E-state index contributed by atoms with van der Waals surface area (Å²) in [4.78, 5) is 20.4. The second-order valence-corrected chi connectivity index (χ2v) is 4.99. The fourth-order valence-corrected chi connectivity index (χ4v) is 2.10. The van der Waals surface area contributed by atoms with Gasteiger partial charge in [0.05, 0.1) is 6.61 Å². The van der Waals surface area contributed by atoms with Crippen molar-refractivity contribution < 1.29 is 18.8 Å². The summed E-state index contributed by atoms with van der Waals surface area (Å²) in [6.07, 6.45) is 0. The maximum Gasteiger partial charge on any atom is 0.396 e. The molecule has 0 aliphatic carbocycles. The van der Waals surface area contributed by atoms with Crippen molar-refractivity contribution in [2.24, 2.45) is 0 Å². The molecule has 0 bridgehead atoms. The normalized spacial score (nSPS) is 13.7. The van der Waals surface area contributed by atoms with Gasteiger partial charge in [0.1, 0.15) is 5.82 Å². The molecule has 1 aromatic rings. The first kappa shape index (κ1) is 14.4. The zero-order valence-electron chi connectivity index (χ0n) is 9.88. The molecule has 0 spiro atoms. The first-order valence-corrected chi connectivity index (χ1v) is 5.98. The minimum atomic E-state index is -1.94. The number of hydrogen-bond donors (Lipinski definition) is 0. The molecule has 0 N–H and O–H groups in total. The summed E-state index contributed by atoms with van der Waals surface area (Å²) >= 11 is 0.716. The molecule has 5 nitrogen and oxygen atoms in total. The molecular weight excluding hydrogens is 261 g/mol. The van der Waals surface area contributed by atoms with Crippen LogP contribution in [0.3, 0.4) is 0 Å². The van der Waals surface area contributed by atoms with Crippen LogP contribution < -0.4 is 0 Å². The Kier molecular flexibility index (Phi) is 4.66. The van der Waals surface area contributed by atoms with Gasteiger partial charge in [-0.2, -0.15) is 0 Å². The highest BCUT2D eigenvalue weighted by Crippen LogP contribution is 2.34. The minimum Gasteiger partial charge on any atom is -0.460 e. The highest BCUT2D eigenvalue weighted by molar-refractivity contribution is 8.01. The lowest BCUT2D eigenvalue weighted by Crippen LogP contribution is -2.41. The summed E-state index contributed by atoms with van der Waals surface area (Å²) in [6, 6.07) is 5.10. The standard InChI is InChI=1S/C11H12FNO4S/c1-3-17-10(14)11(2,13(15)16)18-9-6-4-8(12)5-7-9/h4-7H,3H2,1-2H3. The maximum absolute atomic E-state index is 12.7. The van der Waals surface area contributed by atoms with Gasteiger partial charge >= 0.3 is 10.8 Å². The van der Waals surface area contributed by atoms with Crippen molar-refractivity contribution in [2.45, 2.75) is 23.6 Å². The summed E-state index contributed by atoms with van der Waals surface area (Å²) in [6.45, 7) is 2.80. The van der Waals surface area contributed by atoms with Gasteiger partial charge in [-0.05, 0) is 43.0 Å². The summed E-state index contributed by atoms with van der Waals surface area (Å²) in [5.41, 5.74) is 0. The summed E-state index contributed by atoms with van der Waals surface area (Å²) in [7, 11) is 0. The van der Waals surface area contributed by atoms with E-state index in [0.717, 1.165) is 0 Å². The molecule has 0 aromatic heterocycles. The van der Waals surface area contributed by atoms with Crippen LogP contribution in [0, 0.1) is 15.9 Å². The number of esters is 1. The van der Waals surface area contributed by atoms with Gasteiger partial charge < -0.3 is 4.74 Å². The van der Waals surface area contributed by atoms with Gasteiger partial charge in [0.2, 0.25) is 0 Å². The first-order valence-electron chi connectivity index (χ1n) is 5.16. The van der Waals surface area contributed by atoms with Gasteiger partial charge in [-0.1, -0.05) is 0 Å². The summed E-state index contributed by atoms with van der Waals surface area (Å²) in [5, 5.41) is 11.0. The van der Waals surface area contributed by atoms with Gasteiger partial charge in [-0.3, -0.25) is 10.1 Å². The van der Waals surface area contributed by atoms with Crippen LogP contribution in [0.2, 0.25) is 0 Å². The molecule has 1 atom stereocenters. The third-order valence-electron chi connectivity index (χ3n) is 2.13. The molecular formula is C11H12FNO4S. The van der Waals surface area contributed by atoms with Crippen LogP contribution in [0.1, 0.15) is 13.8 Å². The van der Waals surface area contributed by atoms with E-state index in [4.69, 9.17) is 0 Å². The average Bonchev–Trinajstić information content (AvgIpc) is 2.32. The van der Waals surface area contributed by atoms with Crippen molar-refractivity contribution >= 4 is 17.7 Å². The lowest BCUT2D eigenvalue weighted by molar-refractivity contribution is -0.520. The van der Waals surface area contributed by atoms with Crippen molar-refractivity contribution in [1.29, 1.82) is 0 Å². The van der Waals surface area contributed by atoms with Gasteiger partial charge in [-0.25, -0.2) is 9.18 Å². The van der Waals surface area contributed by atoms with Gasteiger partial charge in [0, 0.05) is 16.7 Å². The Labute approximate surface area is 107 Å². The SMILES string of the molecule is CCOC(=O)C(C)(Sc1ccc(F)cc1)[N+](=O)[O-]. The van der Waals surface area contributed by atoms with E-state index in [9.17, 15) is 19.3 Å². The highest BCUT2D eigenvalue weighted by Gasteiger charge is 2.49. The molecule has 0 saturated carbocycles. The molecule has 1 aromatic carbocycles. The molecule has 0 aliphatic rings. The number of thioether (sulfide) groups is 1. The van der Waals surface area contributed by atoms with Gasteiger partial charge in [0.15, 0.2) is 0 Å². The van der Waals surface area contributed by atoms with E-state index < -0.39 is 21.6 Å². The summed E-state index contributed by atoms with van der Waals surface area (Å²) in [5.74, 6) is -1.37. The van der Waals surface area contributed by atoms with E-state index in [2.05, 4.69) is 4.74 Å². The number of nitrogens with zero attached hydrogens (tertiary/aromatic N) is 1. The van der Waals surface area contributed by atoms with Crippen LogP contribution in [0.25, 0.3) is 0 Å². The number of rotatable bonds is 5. The number of ether oxygens (including phenoxy) is 1. The Morgan fingerprint density at radius 3 is 2.50 bits per heavy atom. The number of carbonyl (C=O) groups is 1. The maximum atomic E-state index is 12.7. The molecule has 0 heterocycles. The topological polar surface area (TPSA) is 69.4 Å². The Balaban J connectivity index is 2.96.